The molecule has 1 aliphatic heterocycles. The molecule has 2 aromatic rings. The van der Waals surface area contributed by atoms with E-state index in [-0.39, 0.29) is 5.91 Å². The number of rotatable bonds is 7. The third-order valence-corrected chi connectivity index (χ3v) is 5.52. The first-order chi connectivity index (χ1) is 13.6. The van der Waals surface area contributed by atoms with Crippen molar-refractivity contribution in [1.82, 2.24) is 14.9 Å². The van der Waals surface area contributed by atoms with E-state index in [9.17, 15) is 4.79 Å². The molecule has 150 valence electrons. The van der Waals surface area contributed by atoms with Crippen molar-refractivity contribution >= 4 is 11.9 Å². The van der Waals surface area contributed by atoms with E-state index >= 15 is 0 Å². The van der Waals surface area contributed by atoms with Gasteiger partial charge in [0, 0.05) is 32.4 Å². The summed E-state index contributed by atoms with van der Waals surface area (Å²) in [6.07, 6.45) is 5.48. The summed E-state index contributed by atoms with van der Waals surface area (Å²) >= 11 is 0. The highest BCUT2D eigenvalue weighted by Crippen LogP contribution is 2.24. The second-order valence-electron chi connectivity index (χ2n) is 7.89. The van der Waals surface area contributed by atoms with Crippen LogP contribution in [0.5, 0.6) is 0 Å². The molecular formula is C23H32N4O. The van der Waals surface area contributed by atoms with E-state index in [1.807, 2.05) is 14.0 Å². The molecule has 28 heavy (non-hydrogen) atoms. The molecule has 5 nitrogen and oxygen atoms in total. The molecule has 0 atom stereocenters. The number of unbranched alkanes of at least 4 members (excludes halogenated alkanes) is 1. The number of aromatic nitrogens is 2. The van der Waals surface area contributed by atoms with Crippen molar-refractivity contribution in [3.05, 3.63) is 53.3 Å². The Kier molecular flexibility index (Phi) is 7.01. The molecule has 0 N–H and O–H groups in total. The van der Waals surface area contributed by atoms with Gasteiger partial charge in [0.25, 0.3) is 5.91 Å². The van der Waals surface area contributed by atoms with Gasteiger partial charge in [0.05, 0.1) is 0 Å². The van der Waals surface area contributed by atoms with Crippen LogP contribution >= 0.6 is 0 Å². The number of carbonyl (C=O) groups excluding carboxylic acids is 1. The zero-order valence-corrected chi connectivity index (χ0v) is 17.4. The fraction of sp³-hybridized carbons (Fsp3) is 0.522. The zero-order chi connectivity index (χ0) is 19.9. The largest absolute Gasteiger partial charge is 0.341 e. The maximum Gasteiger partial charge on any atom is 0.272 e. The molecule has 0 saturated carbocycles. The number of piperidine rings is 1. The maximum absolute atomic E-state index is 12.7. The van der Waals surface area contributed by atoms with Crippen molar-refractivity contribution < 1.29 is 4.79 Å². The first-order valence-electron chi connectivity index (χ1n) is 10.5. The van der Waals surface area contributed by atoms with Crippen molar-refractivity contribution in [3.63, 3.8) is 0 Å². The van der Waals surface area contributed by atoms with Crippen LogP contribution in [0.15, 0.2) is 36.4 Å². The average molecular weight is 381 g/mol. The van der Waals surface area contributed by atoms with Crippen LogP contribution in [0.3, 0.4) is 0 Å². The normalized spacial score (nSPS) is 14.9. The topological polar surface area (TPSA) is 49.3 Å². The highest BCUT2D eigenvalue weighted by atomic mass is 16.2. The van der Waals surface area contributed by atoms with Crippen molar-refractivity contribution in [2.45, 2.75) is 46.0 Å². The number of anilines is 1. The number of amides is 1. The SMILES string of the molecule is CCCCN(C)C(=O)c1cc(C)nc(N2CCC(Cc3ccccc3)CC2)n1. The molecule has 2 heterocycles. The maximum atomic E-state index is 12.7. The third kappa shape index (κ3) is 5.31. The molecule has 0 bridgehead atoms. The summed E-state index contributed by atoms with van der Waals surface area (Å²) in [5.74, 6) is 1.38. The Balaban J connectivity index is 1.63. The molecule has 0 unspecified atom stereocenters. The van der Waals surface area contributed by atoms with Gasteiger partial charge in [-0.25, -0.2) is 9.97 Å². The predicted molar refractivity (Wildman–Crippen MR) is 114 cm³/mol. The lowest BCUT2D eigenvalue weighted by atomic mass is 9.90. The van der Waals surface area contributed by atoms with Gasteiger partial charge in [0.15, 0.2) is 0 Å². The molecular weight excluding hydrogens is 348 g/mol. The Bertz CT molecular complexity index is 769. The van der Waals surface area contributed by atoms with Crippen molar-refractivity contribution in [2.75, 3.05) is 31.6 Å². The van der Waals surface area contributed by atoms with Crippen LogP contribution in [-0.4, -0.2) is 47.5 Å². The smallest absolute Gasteiger partial charge is 0.272 e. The minimum absolute atomic E-state index is 0.0147. The van der Waals surface area contributed by atoms with Crippen molar-refractivity contribution in [3.8, 4) is 0 Å². The average Bonchev–Trinajstić information content (AvgIpc) is 2.72. The van der Waals surface area contributed by atoms with Crippen LogP contribution in [-0.2, 0) is 6.42 Å². The van der Waals surface area contributed by atoms with Gasteiger partial charge < -0.3 is 9.80 Å². The van der Waals surface area contributed by atoms with Crippen molar-refractivity contribution in [2.24, 2.45) is 5.92 Å². The van der Waals surface area contributed by atoms with Gasteiger partial charge in [-0.1, -0.05) is 43.7 Å². The van der Waals surface area contributed by atoms with E-state index in [0.717, 1.165) is 57.4 Å². The van der Waals surface area contributed by atoms with Crippen LogP contribution in [0.4, 0.5) is 5.95 Å². The number of hydrogen-bond donors (Lipinski definition) is 0. The zero-order valence-electron chi connectivity index (χ0n) is 17.4. The Morgan fingerprint density at radius 2 is 1.89 bits per heavy atom. The molecule has 1 aliphatic rings. The van der Waals surface area contributed by atoms with Crippen LogP contribution in [0, 0.1) is 12.8 Å². The lowest BCUT2D eigenvalue weighted by molar-refractivity contribution is 0.0787. The summed E-state index contributed by atoms with van der Waals surface area (Å²) < 4.78 is 0. The first-order valence-corrected chi connectivity index (χ1v) is 10.5. The summed E-state index contributed by atoms with van der Waals surface area (Å²) in [5, 5.41) is 0. The van der Waals surface area contributed by atoms with E-state index in [1.54, 1.807) is 11.0 Å². The first kappa shape index (κ1) is 20.3. The Hall–Kier alpha value is -2.43. The summed E-state index contributed by atoms with van der Waals surface area (Å²) in [5.41, 5.74) is 2.77. The number of nitrogens with zero attached hydrogens (tertiary/aromatic N) is 4. The van der Waals surface area contributed by atoms with Gasteiger partial charge in [-0.2, -0.15) is 0 Å². The van der Waals surface area contributed by atoms with Crippen LogP contribution in [0.25, 0.3) is 0 Å². The van der Waals surface area contributed by atoms with Gasteiger partial charge in [-0.15, -0.1) is 0 Å². The summed E-state index contributed by atoms with van der Waals surface area (Å²) in [6.45, 7) is 6.72. The lowest BCUT2D eigenvalue weighted by Gasteiger charge is -2.32. The summed E-state index contributed by atoms with van der Waals surface area (Å²) in [7, 11) is 1.85. The number of benzene rings is 1. The highest BCUT2D eigenvalue weighted by molar-refractivity contribution is 5.92. The molecule has 1 fully saturated rings. The van der Waals surface area contributed by atoms with E-state index in [0.29, 0.717) is 17.6 Å². The Morgan fingerprint density at radius 3 is 2.57 bits per heavy atom. The molecule has 1 aromatic heterocycles. The van der Waals surface area contributed by atoms with Gasteiger partial charge in [-0.05, 0) is 50.2 Å². The van der Waals surface area contributed by atoms with E-state index < -0.39 is 0 Å². The second kappa shape index (κ2) is 9.67. The van der Waals surface area contributed by atoms with E-state index in [4.69, 9.17) is 0 Å². The molecule has 0 radical (unpaired) electrons. The molecule has 1 saturated heterocycles. The quantitative estimate of drug-likeness (QED) is 0.725. The Morgan fingerprint density at radius 1 is 1.18 bits per heavy atom. The summed E-state index contributed by atoms with van der Waals surface area (Å²) in [6, 6.07) is 12.5. The fourth-order valence-electron chi connectivity index (χ4n) is 3.78. The van der Waals surface area contributed by atoms with Gasteiger partial charge in [-0.3, -0.25) is 4.79 Å². The van der Waals surface area contributed by atoms with E-state index in [1.165, 1.54) is 5.56 Å². The molecule has 1 amide bonds. The second-order valence-corrected chi connectivity index (χ2v) is 7.89. The summed E-state index contributed by atoms with van der Waals surface area (Å²) in [4.78, 5) is 25.9. The highest BCUT2D eigenvalue weighted by Gasteiger charge is 2.23. The Labute approximate surface area is 168 Å². The number of carbonyl (C=O) groups is 1. The number of hydrogen-bond acceptors (Lipinski definition) is 4. The van der Waals surface area contributed by atoms with Gasteiger partial charge in [0.2, 0.25) is 5.95 Å². The van der Waals surface area contributed by atoms with Gasteiger partial charge in [0.1, 0.15) is 5.69 Å². The minimum Gasteiger partial charge on any atom is -0.341 e. The standard InChI is InChI=1S/C23H32N4O/c1-4-5-13-26(3)22(28)21-16-18(2)24-23(25-21)27-14-11-20(12-15-27)17-19-9-7-6-8-10-19/h6-10,16,20H,4-5,11-15,17H2,1-3H3. The van der Waals surface area contributed by atoms with Crippen molar-refractivity contribution in [1.29, 1.82) is 0 Å². The molecule has 0 spiro atoms. The predicted octanol–water partition coefficient (Wildman–Crippen LogP) is 4.12. The van der Waals surface area contributed by atoms with E-state index in [2.05, 4.69) is 52.1 Å². The molecule has 3 rings (SSSR count). The van der Waals surface area contributed by atoms with Crippen LogP contribution < -0.4 is 4.90 Å². The minimum atomic E-state index is -0.0147. The molecule has 5 heteroatoms. The third-order valence-electron chi connectivity index (χ3n) is 5.52. The molecule has 0 aliphatic carbocycles. The monoisotopic (exact) mass is 380 g/mol. The van der Waals surface area contributed by atoms with Crippen LogP contribution in [0.2, 0.25) is 0 Å². The lowest BCUT2D eigenvalue weighted by Crippen LogP contribution is -2.36. The van der Waals surface area contributed by atoms with Gasteiger partial charge >= 0.3 is 0 Å². The molecule has 1 aromatic carbocycles. The number of aryl methyl sites for hydroxylation is 1. The van der Waals surface area contributed by atoms with Crippen LogP contribution in [0.1, 0.15) is 54.4 Å². The fourth-order valence-corrected chi connectivity index (χ4v) is 3.78.